The minimum atomic E-state index is -1.01. The molecule has 0 aliphatic carbocycles. The summed E-state index contributed by atoms with van der Waals surface area (Å²) in [6.07, 6.45) is 1.95. The van der Waals surface area contributed by atoms with Crippen molar-refractivity contribution in [2.75, 3.05) is 33.3 Å². The van der Waals surface area contributed by atoms with Crippen molar-refractivity contribution in [3.63, 3.8) is 0 Å². The van der Waals surface area contributed by atoms with Gasteiger partial charge >= 0.3 is 23.3 Å². The number of fused-ring (bicyclic) bond motifs is 2. The molecule has 57 heavy (non-hydrogen) atoms. The summed E-state index contributed by atoms with van der Waals surface area (Å²) in [5.74, 6) is -0.788. The average molecular weight is 855 g/mol. The Morgan fingerprint density at radius 3 is 1.58 bits per heavy atom. The molecule has 2 atom stereocenters. The predicted molar refractivity (Wildman–Crippen MR) is 223 cm³/mol. The van der Waals surface area contributed by atoms with Gasteiger partial charge in [0, 0.05) is 59.4 Å². The summed E-state index contributed by atoms with van der Waals surface area (Å²) in [4.78, 5) is 58.2. The lowest BCUT2D eigenvalue weighted by atomic mass is 10.1. The van der Waals surface area contributed by atoms with Crippen LogP contribution in [-0.4, -0.2) is 79.2 Å². The molecule has 0 bridgehead atoms. The second-order valence-corrected chi connectivity index (χ2v) is 16.3. The summed E-state index contributed by atoms with van der Waals surface area (Å²) in [5, 5.41) is 11.8. The summed E-state index contributed by atoms with van der Waals surface area (Å²) in [5.41, 5.74) is 5.01. The molecule has 0 spiro atoms. The van der Waals surface area contributed by atoms with Crippen LogP contribution in [0.1, 0.15) is 44.7 Å². The van der Waals surface area contributed by atoms with Crippen molar-refractivity contribution in [3.05, 3.63) is 136 Å². The molecule has 2 aliphatic rings. The second-order valence-electron chi connectivity index (χ2n) is 14.6. The zero-order valence-corrected chi connectivity index (χ0v) is 34.0. The molecule has 2 saturated heterocycles. The van der Waals surface area contributed by atoms with Gasteiger partial charge in [0.05, 0.1) is 40.3 Å². The standard InChI is InChI=1S/C21H21Cl2N3O3.C20H19Cl2N3O3/c1-29-20(27)14-3-5-18-19(8-14)26(21(28)24-18)11-13-6-7-25(10-13)12-15-2-4-16(22)9-17(15)23;21-15-3-1-14(16(22)8-15)11-24-6-5-12(9-24)10-25-18-7-13(19(26)27)2-4-17(18)23-20(25)28/h2-5,8-9,13H,6-7,10-12H2,1H3,(H,24,28);1-4,7-8,12H,5-6,9-11H2,(H,23,28)(H,26,27). The summed E-state index contributed by atoms with van der Waals surface area (Å²) >= 11 is 24.5. The summed E-state index contributed by atoms with van der Waals surface area (Å²) in [7, 11) is 1.34. The molecule has 2 aromatic heterocycles. The van der Waals surface area contributed by atoms with Crippen LogP contribution >= 0.6 is 46.4 Å². The van der Waals surface area contributed by atoms with Gasteiger partial charge in [-0.05, 0) is 110 Å². The Hall–Kier alpha value is -4.56. The molecule has 4 heterocycles. The number of esters is 1. The first-order valence-corrected chi connectivity index (χ1v) is 20.0. The number of hydrogen-bond acceptors (Lipinski definition) is 7. The largest absolute Gasteiger partial charge is 0.478 e. The van der Waals surface area contributed by atoms with Crippen molar-refractivity contribution in [1.29, 1.82) is 0 Å². The van der Waals surface area contributed by atoms with E-state index in [9.17, 15) is 24.3 Å². The van der Waals surface area contributed by atoms with Gasteiger partial charge in [-0.15, -0.1) is 0 Å². The lowest BCUT2D eigenvalue weighted by molar-refractivity contribution is 0.0600. The number of rotatable bonds is 10. The maximum absolute atomic E-state index is 12.5. The number of aromatic nitrogens is 4. The normalized spacial score (nSPS) is 17.3. The number of nitrogens with one attached hydrogen (secondary N) is 2. The van der Waals surface area contributed by atoms with Crippen molar-refractivity contribution in [1.82, 2.24) is 28.9 Å². The molecule has 12 nitrogen and oxygen atoms in total. The summed E-state index contributed by atoms with van der Waals surface area (Å²) < 4.78 is 8.15. The van der Waals surface area contributed by atoms with Crippen LogP contribution < -0.4 is 11.4 Å². The first kappa shape index (κ1) is 40.6. The summed E-state index contributed by atoms with van der Waals surface area (Å²) in [6.45, 7) is 6.20. The SMILES string of the molecule is COC(=O)c1ccc2[nH]c(=O)n(CC3CCN(Cc4ccc(Cl)cc4Cl)C3)c2c1.O=C(O)c1ccc2[nH]c(=O)n(CC3CCN(Cc4ccc(Cl)cc4Cl)C3)c2c1. The molecule has 4 aromatic carbocycles. The number of aromatic amines is 2. The van der Waals surface area contributed by atoms with E-state index in [0.29, 0.717) is 67.1 Å². The molecule has 2 unspecified atom stereocenters. The van der Waals surface area contributed by atoms with Gasteiger partial charge in [-0.3, -0.25) is 18.9 Å². The molecule has 6 aromatic rings. The lowest BCUT2D eigenvalue weighted by Crippen LogP contribution is -2.25. The number of benzene rings is 4. The molecule has 3 N–H and O–H groups in total. The van der Waals surface area contributed by atoms with E-state index in [1.54, 1.807) is 51.6 Å². The Kier molecular flexibility index (Phi) is 12.5. The average Bonchev–Trinajstić information content (AvgIpc) is 3.97. The highest BCUT2D eigenvalue weighted by Gasteiger charge is 2.26. The second kappa shape index (κ2) is 17.5. The third-order valence-electron chi connectivity index (χ3n) is 10.7. The van der Waals surface area contributed by atoms with E-state index < -0.39 is 11.9 Å². The van der Waals surface area contributed by atoms with Crippen LogP contribution in [0.2, 0.25) is 20.1 Å². The lowest BCUT2D eigenvalue weighted by Gasteiger charge is -2.17. The fourth-order valence-electron chi connectivity index (χ4n) is 7.75. The van der Waals surface area contributed by atoms with E-state index in [4.69, 9.17) is 51.1 Å². The Morgan fingerprint density at radius 2 is 1.14 bits per heavy atom. The Labute approximate surface area is 347 Å². The predicted octanol–water partition coefficient (Wildman–Crippen LogP) is 7.80. The van der Waals surface area contributed by atoms with E-state index in [1.165, 1.54) is 13.2 Å². The van der Waals surface area contributed by atoms with Gasteiger partial charge in [0.15, 0.2) is 0 Å². The fraction of sp³-hybridized carbons (Fsp3) is 0.317. The van der Waals surface area contributed by atoms with Crippen molar-refractivity contribution >= 4 is 80.4 Å². The first-order chi connectivity index (χ1) is 27.3. The maximum Gasteiger partial charge on any atom is 0.337 e. The number of carboxylic acid groups (broad SMARTS) is 1. The number of methoxy groups -OCH3 is 1. The van der Waals surface area contributed by atoms with Gasteiger partial charge in [0.25, 0.3) is 0 Å². The molecule has 16 heteroatoms. The summed E-state index contributed by atoms with van der Waals surface area (Å²) in [6, 6.07) is 20.9. The molecule has 0 radical (unpaired) electrons. The zero-order chi connectivity index (χ0) is 40.4. The third kappa shape index (κ3) is 9.44. The highest BCUT2D eigenvalue weighted by molar-refractivity contribution is 6.35. The van der Waals surface area contributed by atoms with Crippen LogP contribution in [0.3, 0.4) is 0 Å². The number of imidazole rings is 2. The number of carbonyl (C=O) groups excluding carboxylic acids is 1. The molecule has 2 aliphatic heterocycles. The number of nitrogens with zero attached hydrogens (tertiary/aromatic N) is 4. The van der Waals surface area contributed by atoms with Gasteiger partial charge in [-0.25, -0.2) is 19.2 Å². The van der Waals surface area contributed by atoms with Gasteiger partial charge in [0.1, 0.15) is 0 Å². The minimum absolute atomic E-state index is 0.166. The van der Waals surface area contributed by atoms with Crippen LogP contribution in [0, 0.1) is 11.8 Å². The number of hydrogen-bond donors (Lipinski definition) is 3. The molecular formula is C41H40Cl4N6O6. The number of ether oxygens (including phenoxy) is 1. The number of halogens is 4. The van der Waals surface area contributed by atoms with Crippen molar-refractivity contribution in [2.24, 2.45) is 11.8 Å². The number of carboxylic acids is 1. The van der Waals surface area contributed by atoms with Crippen molar-refractivity contribution < 1.29 is 19.4 Å². The number of likely N-dealkylation sites (tertiary alicyclic amines) is 2. The zero-order valence-electron chi connectivity index (χ0n) is 30.9. The number of carbonyl (C=O) groups is 2. The quantitative estimate of drug-likeness (QED) is 0.119. The topological polar surface area (TPSA) is 146 Å². The highest BCUT2D eigenvalue weighted by atomic mass is 35.5. The van der Waals surface area contributed by atoms with E-state index in [0.717, 1.165) is 68.8 Å². The van der Waals surface area contributed by atoms with Crippen LogP contribution in [-0.2, 0) is 30.9 Å². The Balaban J connectivity index is 0.000000174. The molecule has 298 valence electrons. The molecular weight excluding hydrogens is 814 g/mol. The molecule has 8 rings (SSSR count). The van der Waals surface area contributed by atoms with Crippen LogP contribution in [0.4, 0.5) is 0 Å². The minimum Gasteiger partial charge on any atom is -0.478 e. The Morgan fingerprint density at radius 1 is 0.684 bits per heavy atom. The van der Waals surface area contributed by atoms with Crippen molar-refractivity contribution in [3.8, 4) is 0 Å². The molecule has 0 saturated carbocycles. The number of aromatic carboxylic acids is 1. The van der Waals surface area contributed by atoms with E-state index in [-0.39, 0.29) is 16.9 Å². The van der Waals surface area contributed by atoms with E-state index >= 15 is 0 Å². The smallest absolute Gasteiger partial charge is 0.337 e. The monoisotopic (exact) mass is 852 g/mol. The maximum atomic E-state index is 12.5. The Bertz CT molecular complexity index is 2580. The highest BCUT2D eigenvalue weighted by Crippen LogP contribution is 2.28. The number of H-pyrrole nitrogens is 2. The van der Waals surface area contributed by atoms with Gasteiger partial charge in [0.2, 0.25) is 0 Å². The van der Waals surface area contributed by atoms with Gasteiger partial charge in [-0.2, -0.15) is 0 Å². The van der Waals surface area contributed by atoms with E-state index in [1.807, 2.05) is 24.3 Å². The molecule has 0 amide bonds. The fourth-order valence-corrected chi connectivity index (χ4v) is 8.69. The van der Waals surface area contributed by atoms with Gasteiger partial charge in [-0.1, -0.05) is 58.5 Å². The molecule has 2 fully saturated rings. The van der Waals surface area contributed by atoms with Crippen LogP contribution in [0.15, 0.2) is 82.4 Å². The third-order valence-corrected chi connectivity index (χ3v) is 11.8. The van der Waals surface area contributed by atoms with Crippen LogP contribution in [0.25, 0.3) is 22.1 Å². The van der Waals surface area contributed by atoms with E-state index in [2.05, 4.69) is 19.8 Å². The van der Waals surface area contributed by atoms with Crippen LogP contribution in [0.5, 0.6) is 0 Å². The van der Waals surface area contributed by atoms with Gasteiger partial charge < -0.3 is 19.8 Å². The van der Waals surface area contributed by atoms with Crippen molar-refractivity contribution in [2.45, 2.75) is 39.0 Å². The first-order valence-electron chi connectivity index (χ1n) is 18.4.